The van der Waals surface area contributed by atoms with E-state index in [1.54, 1.807) is 0 Å². The van der Waals surface area contributed by atoms with Gasteiger partial charge in [0.05, 0.1) is 0 Å². The Kier molecular flexibility index (Phi) is 6.45. The van der Waals surface area contributed by atoms with Gasteiger partial charge in [0.1, 0.15) is 7.80 Å². The molecule has 0 aliphatic rings. The first-order chi connectivity index (χ1) is 16.7. The molecule has 2 nitrogen and oxygen atoms in total. The molecule has 0 fully saturated rings. The standard InChI is InChI=1S/C30H24O2P2/c31-33(26-10-4-1-5-11-26)27-20-16-24(17-21-27)25-18-22-30(23-19-25)34(32,28-12-6-2-7-13-28)29-14-8-3-9-15-29/h1-23,33H. The van der Waals surface area contributed by atoms with Gasteiger partial charge >= 0.3 is 0 Å². The van der Waals surface area contributed by atoms with Gasteiger partial charge in [-0.3, -0.25) is 0 Å². The maximum Gasteiger partial charge on any atom is 0.171 e. The molecule has 34 heavy (non-hydrogen) atoms. The molecule has 0 bridgehead atoms. The van der Waals surface area contributed by atoms with Crippen LogP contribution in [-0.2, 0) is 9.13 Å². The summed E-state index contributed by atoms with van der Waals surface area (Å²) in [5, 5.41) is 4.16. The van der Waals surface area contributed by atoms with Crippen molar-refractivity contribution in [2.24, 2.45) is 0 Å². The van der Waals surface area contributed by atoms with E-state index in [0.29, 0.717) is 0 Å². The van der Waals surface area contributed by atoms with E-state index in [4.69, 9.17) is 0 Å². The molecule has 0 spiro atoms. The highest BCUT2D eigenvalue weighted by molar-refractivity contribution is 7.85. The second-order valence-electron chi connectivity index (χ2n) is 8.10. The summed E-state index contributed by atoms with van der Waals surface area (Å²) in [5.41, 5.74) is 2.06. The third-order valence-corrected chi connectivity index (χ3v) is 10.8. The zero-order valence-corrected chi connectivity index (χ0v) is 20.4. The fraction of sp³-hybridized carbons (Fsp3) is 0. The second-order valence-corrected chi connectivity index (χ2v) is 12.7. The summed E-state index contributed by atoms with van der Waals surface area (Å²) in [5.74, 6) is 0. The lowest BCUT2D eigenvalue weighted by atomic mass is 10.1. The molecule has 0 aromatic heterocycles. The molecular formula is C30H24O2P2. The second kappa shape index (κ2) is 9.82. The summed E-state index contributed by atoms with van der Waals surface area (Å²) in [6.45, 7) is 0. The van der Waals surface area contributed by atoms with Crippen LogP contribution in [0.2, 0.25) is 0 Å². The minimum absolute atomic E-state index is 0.805. The molecule has 5 aromatic carbocycles. The topological polar surface area (TPSA) is 34.1 Å². The normalized spacial score (nSPS) is 12.2. The zero-order chi connectivity index (χ0) is 23.4. The molecule has 0 aliphatic heterocycles. The summed E-state index contributed by atoms with van der Waals surface area (Å²) < 4.78 is 27.4. The maximum atomic E-state index is 14.5. The van der Waals surface area contributed by atoms with Crippen molar-refractivity contribution in [3.63, 3.8) is 0 Å². The number of hydrogen-bond acceptors (Lipinski definition) is 2. The molecule has 0 aliphatic carbocycles. The van der Waals surface area contributed by atoms with Gasteiger partial charge in [-0.25, -0.2) is 0 Å². The van der Waals surface area contributed by atoms with E-state index >= 15 is 0 Å². The van der Waals surface area contributed by atoms with Crippen molar-refractivity contribution in [1.82, 2.24) is 0 Å². The SMILES string of the molecule is O=[PH](c1ccccc1)c1ccc(-c2ccc(P(=O)(c3ccccc3)c3ccccc3)cc2)cc1. The predicted molar refractivity (Wildman–Crippen MR) is 146 cm³/mol. The van der Waals surface area contributed by atoms with Gasteiger partial charge in [0.2, 0.25) is 0 Å². The Morgan fingerprint density at radius 2 is 0.765 bits per heavy atom. The third kappa shape index (κ3) is 4.36. The maximum absolute atomic E-state index is 14.5. The largest absolute Gasteiger partial charge is 0.317 e. The van der Waals surface area contributed by atoms with Crippen molar-refractivity contribution in [2.75, 3.05) is 0 Å². The molecule has 0 amide bonds. The van der Waals surface area contributed by atoms with Gasteiger partial charge in [0.15, 0.2) is 7.14 Å². The fourth-order valence-electron chi connectivity index (χ4n) is 4.16. The van der Waals surface area contributed by atoms with Gasteiger partial charge in [0, 0.05) is 26.5 Å². The number of hydrogen-bond donors (Lipinski definition) is 0. The summed E-state index contributed by atoms with van der Waals surface area (Å²) in [6, 6.07) is 44.8. The highest BCUT2D eigenvalue weighted by atomic mass is 31.2. The summed E-state index contributed by atoms with van der Waals surface area (Å²) in [7, 11) is -5.00. The average Bonchev–Trinajstić information content (AvgIpc) is 2.94. The van der Waals surface area contributed by atoms with Crippen molar-refractivity contribution in [3.05, 3.63) is 140 Å². The van der Waals surface area contributed by atoms with E-state index in [-0.39, 0.29) is 0 Å². The van der Waals surface area contributed by atoms with Crippen molar-refractivity contribution < 1.29 is 9.13 Å². The van der Waals surface area contributed by atoms with Crippen molar-refractivity contribution in [3.8, 4) is 11.1 Å². The minimum Gasteiger partial charge on any atom is -0.317 e. The molecule has 1 atom stereocenters. The summed E-state index contributed by atoms with van der Waals surface area (Å²) in [6.07, 6.45) is 0. The van der Waals surface area contributed by atoms with Crippen LogP contribution >= 0.6 is 14.9 Å². The van der Waals surface area contributed by atoms with Crippen LogP contribution in [0.5, 0.6) is 0 Å². The lowest BCUT2D eigenvalue weighted by Gasteiger charge is -2.20. The highest BCUT2D eigenvalue weighted by Crippen LogP contribution is 2.42. The molecular weight excluding hydrogens is 454 g/mol. The number of benzene rings is 5. The van der Waals surface area contributed by atoms with Crippen LogP contribution in [0.1, 0.15) is 0 Å². The third-order valence-electron chi connectivity index (χ3n) is 5.99. The molecule has 0 heterocycles. The Bertz CT molecular complexity index is 1400. The van der Waals surface area contributed by atoms with Gasteiger partial charge in [-0.05, 0) is 11.1 Å². The zero-order valence-electron chi connectivity index (χ0n) is 18.5. The van der Waals surface area contributed by atoms with Crippen LogP contribution in [0.25, 0.3) is 11.1 Å². The molecule has 4 heteroatoms. The molecule has 0 N–H and O–H groups in total. The Hall–Kier alpha value is -3.44. The van der Waals surface area contributed by atoms with E-state index < -0.39 is 14.9 Å². The first-order valence-corrected chi connectivity index (χ1v) is 14.3. The Morgan fingerprint density at radius 1 is 0.412 bits per heavy atom. The molecule has 1 unspecified atom stereocenters. The van der Waals surface area contributed by atoms with Crippen molar-refractivity contribution >= 4 is 41.5 Å². The fourth-order valence-corrected chi connectivity index (χ4v) is 8.10. The Labute approximate surface area is 201 Å². The smallest absolute Gasteiger partial charge is 0.171 e. The lowest BCUT2D eigenvalue weighted by molar-refractivity contribution is 0.592. The van der Waals surface area contributed by atoms with Gasteiger partial charge in [-0.2, -0.15) is 0 Å². The summed E-state index contributed by atoms with van der Waals surface area (Å²) in [4.78, 5) is 0. The van der Waals surface area contributed by atoms with Crippen LogP contribution < -0.4 is 26.5 Å². The van der Waals surface area contributed by atoms with Crippen LogP contribution in [0, 0.1) is 0 Å². The van der Waals surface area contributed by atoms with Crippen LogP contribution in [0.3, 0.4) is 0 Å². The highest BCUT2D eigenvalue weighted by Gasteiger charge is 2.29. The minimum atomic E-state index is -2.98. The molecule has 5 aromatic rings. The van der Waals surface area contributed by atoms with E-state index in [2.05, 4.69) is 0 Å². The van der Waals surface area contributed by atoms with Gasteiger partial charge in [-0.15, -0.1) is 0 Å². The van der Waals surface area contributed by atoms with E-state index in [0.717, 1.165) is 37.6 Å². The quantitative estimate of drug-likeness (QED) is 0.302. The van der Waals surface area contributed by atoms with Crippen LogP contribution in [-0.4, -0.2) is 0 Å². The molecule has 166 valence electrons. The molecule has 0 radical (unpaired) electrons. The van der Waals surface area contributed by atoms with Crippen molar-refractivity contribution in [1.29, 1.82) is 0 Å². The van der Waals surface area contributed by atoms with E-state index in [1.165, 1.54) is 0 Å². The van der Waals surface area contributed by atoms with E-state index in [1.807, 2.05) is 140 Å². The predicted octanol–water partition coefficient (Wildman–Crippen LogP) is 5.50. The van der Waals surface area contributed by atoms with Crippen molar-refractivity contribution in [2.45, 2.75) is 0 Å². The first-order valence-electron chi connectivity index (χ1n) is 11.2. The van der Waals surface area contributed by atoms with E-state index in [9.17, 15) is 9.13 Å². The average molecular weight is 478 g/mol. The van der Waals surface area contributed by atoms with Crippen LogP contribution in [0.4, 0.5) is 0 Å². The van der Waals surface area contributed by atoms with Crippen LogP contribution in [0.15, 0.2) is 140 Å². The molecule has 5 rings (SSSR count). The van der Waals surface area contributed by atoms with Gasteiger partial charge in [-0.1, -0.05) is 140 Å². The van der Waals surface area contributed by atoms with Gasteiger partial charge in [0.25, 0.3) is 0 Å². The summed E-state index contributed by atoms with van der Waals surface area (Å²) >= 11 is 0. The molecule has 0 saturated heterocycles. The molecule has 0 saturated carbocycles. The lowest BCUT2D eigenvalue weighted by Crippen LogP contribution is -2.24. The Morgan fingerprint density at radius 3 is 1.24 bits per heavy atom. The monoisotopic (exact) mass is 478 g/mol. The Balaban J connectivity index is 1.47. The number of rotatable bonds is 6. The first kappa shape index (κ1) is 22.4. The van der Waals surface area contributed by atoms with Gasteiger partial charge < -0.3 is 9.13 Å².